The maximum Gasteiger partial charge on any atom is 0.278 e. The van der Waals surface area contributed by atoms with E-state index in [2.05, 4.69) is 5.32 Å². The summed E-state index contributed by atoms with van der Waals surface area (Å²) >= 11 is 0. The van der Waals surface area contributed by atoms with Gasteiger partial charge < -0.3 is 10.2 Å². The fraction of sp³-hybridized carbons (Fsp3) is 0.667. The van der Waals surface area contributed by atoms with Crippen LogP contribution < -0.4 is 10.2 Å². The average Bonchev–Trinajstić information content (AvgIpc) is 3.38. The van der Waals surface area contributed by atoms with E-state index in [1.807, 2.05) is 19.1 Å². The van der Waals surface area contributed by atoms with Gasteiger partial charge in [0.15, 0.2) is 6.04 Å². The standard InChI is InChI=1S/C21H31N3O3S/c1-16(21(25)22-19-7-2-3-8-19)23-11-13-24(14-12-23)28(26,27)20-10-9-17-5-4-6-18(17)15-20/h9-10,15-16,19H,2-8,11-14H2,1H3,(H,22,25)/p+1/t16-/m1/s1. The Morgan fingerprint density at radius 2 is 1.79 bits per heavy atom. The van der Waals surface area contributed by atoms with Crippen molar-refractivity contribution in [2.24, 2.45) is 0 Å². The maximum atomic E-state index is 13.1. The van der Waals surface area contributed by atoms with Gasteiger partial charge in [-0.3, -0.25) is 4.79 Å². The van der Waals surface area contributed by atoms with Crippen molar-refractivity contribution in [2.45, 2.75) is 68.8 Å². The quantitative estimate of drug-likeness (QED) is 0.749. The number of quaternary nitrogens is 1. The van der Waals surface area contributed by atoms with Crippen LogP contribution in [0.25, 0.3) is 0 Å². The zero-order chi connectivity index (χ0) is 19.7. The Morgan fingerprint density at radius 1 is 1.11 bits per heavy atom. The summed E-state index contributed by atoms with van der Waals surface area (Å²) in [5, 5.41) is 3.18. The van der Waals surface area contributed by atoms with Gasteiger partial charge in [-0.05, 0) is 62.3 Å². The first-order valence-corrected chi connectivity index (χ1v) is 12.2. The van der Waals surface area contributed by atoms with Crippen molar-refractivity contribution >= 4 is 15.9 Å². The molecule has 0 bridgehead atoms. The minimum atomic E-state index is -3.45. The molecule has 3 aliphatic rings. The van der Waals surface area contributed by atoms with Crippen molar-refractivity contribution in [3.63, 3.8) is 0 Å². The summed E-state index contributed by atoms with van der Waals surface area (Å²) < 4.78 is 27.7. The van der Waals surface area contributed by atoms with Crippen LogP contribution in [0, 0.1) is 0 Å². The van der Waals surface area contributed by atoms with Gasteiger partial charge in [0, 0.05) is 6.04 Å². The Balaban J connectivity index is 1.36. The van der Waals surface area contributed by atoms with E-state index in [4.69, 9.17) is 0 Å². The number of hydrogen-bond acceptors (Lipinski definition) is 3. The fourth-order valence-electron chi connectivity index (χ4n) is 4.89. The Morgan fingerprint density at radius 3 is 2.50 bits per heavy atom. The molecule has 1 heterocycles. The third-order valence-electron chi connectivity index (χ3n) is 6.78. The highest BCUT2D eigenvalue weighted by Gasteiger charge is 2.35. The minimum Gasteiger partial charge on any atom is -0.348 e. The molecule has 0 radical (unpaired) electrons. The number of hydrogen-bond donors (Lipinski definition) is 2. The zero-order valence-electron chi connectivity index (χ0n) is 16.7. The van der Waals surface area contributed by atoms with Gasteiger partial charge in [-0.1, -0.05) is 18.9 Å². The summed E-state index contributed by atoms with van der Waals surface area (Å²) in [5.41, 5.74) is 2.47. The molecule has 7 heteroatoms. The van der Waals surface area contributed by atoms with Gasteiger partial charge in [0.05, 0.1) is 31.1 Å². The van der Waals surface area contributed by atoms with Gasteiger partial charge >= 0.3 is 0 Å². The lowest BCUT2D eigenvalue weighted by Crippen LogP contribution is -3.19. The highest BCUT2D eigenvalue weighted by molar-refractivity contribution is 7.89. The second-order valence-electron chi connectivity index (χ2n) is 8.56. The molecule has 1 atom stereocenters. The highest BCUT2D eigenvalue weighted by atomic mass is 32.2. The van der Waals surface area contributed by atoms with Crippen molar-refractivity contribution in [2.75, 3.05) is 26.2 Å². The van der Waals surface area contributed by atoms with E-state index in [1.165, 1.54) is 28.9 Å². The second-order valence-corrected chi connectivity index (χ2v) is 10.5. The van der Waals surface area contributed by atoms with E-state index in [0.29, 0.717) is 37.1 Å². The Bertz CT molecular complexity index is 825. The smallest absolute Gasteiger partial charge is 0.278 e. The van der Waals surface area contributed by atoms with Crippen molar-refractivity contribution in [3.05, 3.63) is 29.3 Å². The van der Waals surface area contributed by atoms with Crippen molar-refractivity contribution in [1.82, 2.24) is 9.62 Å². The van der Waals surface area contributed by atoms with Gasteiger partial charge in [-0.15, -0.1) is 0 Å². The molecule has 2 N–H and O–H groups in total. The second kappa shape index (κ2) is 8.13. The van der Waals surface area contributed by atoms with E-state index >= 15 is 0 Å². The molecule has 1 saturated heterocycles. The van der Waals surface area contributed by atoms with Gasteiger partial charge in [-0.2, -0.15) is 4.31 Å². The molecule has 6 nitrogen and oxygen atoms in total. The lowest BCUT2D eigenvalue weighted by molar-refractivity contribution is -0.917. The Kier molecular flexibility index (Phi) is 5.76. The van der Waals surface area contributed by atoms with Crippen LogP contribution in [-0.4, -0.2) is 56.9 Å². The molecular weight excluding hydrogens is 374 g/mol. The molecule has 1 aromatic rings. The number of sulfonamides is 1. The Hall–Kier alpha value is -1.44. The minimum absolute atomic E-state index is 0.108. The molecule has 28 heavy (non-hydrogen) atoms. The fourth-order valence-corrected chi connectivity index (χ4v) is 6.38. The molecule has 1 amide bonds. The predicted octanol–water partition coefficient (Wildman–Crippen LogP) is 0.512. The summed E-state index contributed by atoms with van der Waals surface area (Å²) in [6.07, 6.45) is 7.71. The first kappa shape index (κ1) is 19.9. The molecule has 154 valence electrons. The monoisotopic (exact) mass is 406 g/mol. The van der Waals surface area contributed by atoms with Crippen LogP contribution in [0.3, 0.4) is 0 Å². The van der Waals surface area contributed by atoms with E-state index in [9.17, 15) is 13.2 Å². The normalized spacial score (nSPS) is 22.9. The Labute approximate surface area is 168 Å². The van der Waals surface area contributed by atoms with Crippen molar-refractivity contribution in [3.8, 4) is 0 Å². The molecule has 2 fully saturated rings. The average molecular weight is 407 g/mol. The van der Waals surface area contributed by atoms with Gasteiger partial charge in [0.25, 0.3) is 5.91 Å². The third-order valence-corrected chi connectivity index (χ3v) is 8.67. The first-order chi connectivity index (χ1) is 13.4. The molecule has 0 aromatic heterocycles. The number of nitrogens with one attached hydrogen (secondary N) is 2. The number of carbonyl (C=O) groups excluding carboxylic acids is 1. The predicted molar refractivity (Wildman–Crippen MR) is 108 cm³/mol. The zero-order valence-corrected chi connectivity index (χ0v) is 17.6. The van der Waals surface area contributed by atoms with Crippen LogP contribution in [0.15, 0.2) is 23.1 Å². The molecule has 4 rings (SSSR count). The van der Waals surface area contributed by atoms with E-state index < -0.39 is 10.0 Å². The number of fused-ring (bicyclic) bond motifs is 1. The first-order valence-electron chi connectivity index (χ1n) is 10.7. The summed E-state index contributed by atoms with van der Waals surface area (Å²) in [5.74, 6) is 0.108. The van der Waals surface area contributed by atoms with Crippen LogP contribution in [-0.2, 0) is 27.7 Å². The van der Waals surface area contributed by atoms with Crippen molar-refractivity contribution < 1.29 is 18.1 Å². The van der Waals surface area contributed by atoms with Crippen molar-refractivity contribution in [1.29, 1.82) is 0 Å². The van der Waals surface area contributed by atoms with Gasteiger partial charge in [0.1, 0.15) is 0 Å². The summed E-state index contributed by atoms with van der Waals surface area (Å²) in [4.78, 5) is 14.1. The van der Waals surface area contributed by atoms with Crippen LogP contribution in [0.5, 0.6) is 0 Å². The highest BCUT2D eigenvalue weighted by Crippen LogP contribution is 2.26. The summed E-state index contributed by atoms with van der Waals surface area (Å²) in [7, 11) is -3.45. The molecule has 1 aliphatic heterocycles. The number of nitrogens with zero attached hydrogens (tertiary/aromatic N) is 1. The maximum absolute atomic E-state index is 13.1. The van der Waals surface area contributed by atoms with Gasteiger partial charge in [0.2, 0.25) is 10.0 Å². The summed E-state index contributed by atoms with van der Waals surface area (Å²) in [6, 6.07) is 5.80. The lowest BCUT2D eigenvalue weighted by atomic mass is 10.1. The number of rotatable bonds is 5. The molecular formula is C21H32N3O3S+. The van der Waals surface area contributed by atoms with Crippen LogP contribution >= 0.6 is 0 Å². The van der Waals surface area contributed by atoms with Crippen LogP contribution in [0.1, 0.15) is 50.2 Å². The van der Waals surface area contributed by atoms with Crippen LogP contribution in [0.4, 0.5) is 0 Å². The molecule has 1 saturated carbocycles. The largest absolute Gasteiger partial charge is 0.348 e. The molecule has 2 aliphatic carbocycles. The van der Waals surface area contributed by atoms with E-state index in [-0.39, 0.29) is 11.9 Å². The third kappa shape index (κ3) is 3.98. The van der Waals surface area contributed by atoms with E-state index in [0.717, 1.165) is 32.1 Å². The molecule has 1 aromatic carbocycles. The topological polar surface area (TPSA) is 70.9 Å². The number of benzene rings is 1. The van der Waals surface area contributed by atoms with Gasteiger partial charge in [-0.25, -0.2) is 8.42 Å². The summed E-state index contributed by atoms with van der Waals surface area (Å²) in [6.45, 7) is 4.24. The molecule has 0 unspecified atom stereocenters. The number of piperazine rings is 1. The lowest BCUT2D eigenvalue weighted by Gasteiger charge is -2.34. The SMILES string of the molecule is C[C@H](C(=O)NC1CCCC1)[NH+]1CCN(S(=O)(=O)c2ccc3c(c2)CCC3)CC1. The molecule has 0 spiro atoms. The number of amides is 1. The van der Waals surface area contributed by atoms with Crippen LogP contribution in [0.2, 0.25) is 0 Å². The number of carbonyl (C=O) groups is 1. The van der Waals surface area contributed by atoms with E-state index in [1.54, 1.807) is 10.4 Å². The number of aryl methyl sites for hydroxylation is 2.